The fraction of sp³-hybridized carbons (Fsp3) is 0.200. The molecular formula is C15H11F5O2. The summed E-state index contributed by atoms with van der Waals surface area (Å²) in [4.78, 5) is 0. The summed E-state index contributed by atoms with van der Waals surface area (Å²) in [6.07, 6.45) is 0. The predicted octanol–water partition coefficient (Wildman–Crippen LogP) is 3.65. The van der Waals surface area contributed by atoms with Crippen molar-refractivity contribution >= 4 is 0 Å². The van der Waals surface area contributed by atoms with Crippen molar-refractivity contribution in [1.29, 1.82) is 0 Å². The molecule has 0 aliphatic rings. The number of halogens is 5. The van der Waals surface area contributed by atoms with Gasteiger partial charge in [0.2, 0.25) is 5.82 Å². The molecule has 1 atom stereocenters. The Morgan fingerprint density at radius 2 is 1.23 bits per heavy atom. The Bertz CT molecular complexity index is 682. The van der Waals surface area contributed by atoms with Crippen LogP contribution in [0.25, 0.3) is 0 Å². The lowest BCUT2D eigenvalue weighted by molar-refractivity contribution is 0.0903. The van der Waals surface area contributed by atoms with Gasteiger partial charge >= 0.3 is 0 Å². The number of benzene rings is 2. The van der Waals surface area contributed by atoms with Gasteiger partial charge in [0.1, 0.15) is 11.4 Å². The van der Waals surface area contributed by atoms with Crippen LogP contribution in [0.3, 0.4) is 0 Å². The van der Waals surface area contributed by atoms with Crippen LogP contribution in [-0.4, -0.2) is 12.2 Å². The van der Waals surface area contributed by atoms with E-state index in [4.69, 9.17) is 4.74 Å². The Kier molecular flexibility index (Phi) is 4.10. The summed E-state index contributed by atoms with van der Waals surface area (Å²) in [5, 5.41) is 10.3. The molecule has 2 aromatic carbocycles. The number of hydrogen-bond acceptors (Lipinski definition) is 2. The number of methoxy groups -OCH3 is 1. The average molecular weight is 318 g/mol. The van der Waals surface area contributed by atoms with Crippen LogP contribution in [0.4, 0.5) is 22.0 Å². The Morgan fingerprint density at radius 3 is 1.64 bits per heavy atom. The van der Waals surface area contributed by atoms with E-state index in [2.05, 4.69) is 0 Å². The zero-order valence-electron chi connectivity index (χ0n) is 11.6. The SMILES string of the molecule is COc1ccc(C(C)(O)c2c(F)c(F)c(F)c(F)c2F)cc1. The van der Waals surface area contributed by atoms with Crippen molar-refractivity contribution in [2.45, 2.75) is 12.5 Å². The van der Waals surface area contributed by atoms with Crippen molar-refractivity contribution in [1.82, 2.24) is 0 Å². The molecule has 0 heterocycles. The highest BCUT2D eigenvalue weighted by Gasteiger charge is 2.37. The van der Waals surface area contributed by atoms with Crippen molar-refractivity contribution in [3.63, 3.8) is 0 Å². The highest BCUT2D eigenvalue weighted by molar-refractivity contribution is 5.40. The Morgan fingerprint density at radius 1 is 0.818 bits per heavy atom. The first-order valence-corrected chi connectivity index (χ1v) is 6.10. The molecule has 0 radical (unpaired) electrons. The van der Waals surface area contributed by atoms with Crippen LogP contribution in [0, 0.1) is 29.1 Å². The zero-order valence-corrected chi connectivity index (χ0v) is 11.6. The molecule has 0 fully saturated rings. The minimum atomic E-state index is -2.42. The van der Waals surface area contributed by atoms with Gasteiger partial charge in [-0.2, -0.15) is 0 Å². The summed E-state index contributed by atoms with van der Waals surface area (Å²) in [5.41, 5.74) is -3.79. The van der Waals surface area contributed by atoms with Gasteiger partial charge in [0.05, 0.1) is 12.7 Å². The van der Waals surface area contributed by atoms with E-state index in [1.165, 1.54) is 31.4 Å². The first-order valence-electron chi connectivity index (χ1n) is 6.10. The van der Waals surface area contributed by atoms with Crippen LogP contribution in [0.15, 0.2) is 24.3 Å². The lowest BCUT2D eigenvalue weighted by Gasteiger charge is -2.26. The summed E-state index contributed by atoms with van der Waals surface area (Å²) in [7, 11) is 1.39. The molecule has 0 bridgehead atoms. The van der Waals surface area contributed by atoms with E-state index in [0.717, 1.165) is 6.92 Å². The average Bonchev–Trinajstić information content (AvgIpc) is 2.51. The second-order valence-corrected chi connectivity index (χ2v) is 4.75. The Hall–Kier alpha value is -2.15. The molecule has 2 rings (SSSR count). The maximum Gasteiger partial charge on any atom is 0.200 e. The topological polar surface area (TPSA) is 29.5 Å². The lowest BCUT2D eigenvalue weighted by atomic mass is 9.87. The molecular weight excluding hydrogens is 307 g/mol. The molecule has 0 aliphatic carbocycles. The molecule has 2 nitrogen and oxygen atoms in total. The zero-order chi connectivity index (χ0) is 16.7. The molecule has 0 aromatic heterocycles. The number of aliphatic hydroxyl groups is 1. The fourth-order valence-corrected chi connectivity index (χ4v) is 2.09. The van der Waals surface area contributed by atoms with E-state index >= 15 is 0 Å². The minimum absolute atomic E-state index is 0.0588. The Balaban J connectivity index is 2.67. The largest absolute Gasteiger partial charge is 0.497 e. The van der Waals surface area contributed by atoms with Crippen LogP contribution in [0.1, 0.15) is 18.1 Å². The van der Waals surface area contributed by atoms with Gasteiger partial charge in [0.25, 0.3) is 0 Å². The molecule has 2 aromatic rings. The molecule has 0 aliphatic heterocycles. The second kappa shape index (κ2) is 5.57. The highest BCUT2D eigenvalue weighted by Crippen LogP contribution is 2.36. The van der Waals surface area contributed by atoms with Gasteiger partial charge in [-0.25, -0.2) is 22.0 Å². The third kappa shape index (κ3) is 2.41. The fourth-order valence-electron chi connectivity index (χ4n) is 2.09. The smallest absolute Gasteiger partial charge is 0.200 e. The van der Waals surface area contributed by atoms with Gasteiger partial charge in [0, 0.05) is 0 Å². The quantitative estimate of drug-likeness (QED) is 0.532. The van der Waals surface area contributed by atoms with E-state index in [9.17, 15) is 27.1 Å². The third-order valence-corrected chi connectivity index (χ3v) is 3.35. The number of hydrogen-bond donors (Lipinski definition) is 1. The van der Waals surface area contributed by atoms with Crippen molar-refractivity contribution in [3.8, 4) is 5.75 Å². The van der Waals surface area contributed by atoms with Gasteiger partial charge in [0.15, 0.2) is 23.3 Å². The van der Waals surface area contributed by atoms with Crippen LogP contribution in [0.5, 0.6) is 5.75 Å². The van der Waals surface area contributed by atoms with E-state index in [1.807, 2.05) is 0 Å². The van der Waals surface area contributed by atoms with E-state index in [0.29, 0.717) is 5.75 Å². The molecule has 22 heavy (non-hydrogen) atoms. The molecule has 1 unspecified atom stereocenters. The molecule has 0 amide bonds. The molecule has 118 valence electrons. The maximum absolute atomic E-state index is 13.8. The Labute approximate surface area is 122 Å². The van der Waals surface area contributed by atoms with Gasteiger partial charge in [-0.05, 0) is 24.6 Å². The van der Waals surface area contributed by atoms with Crippen molar-refractivity contribution < 1.29 is 31.8 Å². The molecule has 0 saturated carbocycles. The molecule has 0 saturated heterocycles. The standard InChI is InChI=1S/C15H11F5O2/c1-15(21,7-3-5-8(22-2)6-4-7)9-10(16)12(18)14(20)13(19)11(9)17/h3-6,21H,1-2H3. The maximum atomic E-state index is 13.8. The summed E-state index contributed by atoms with van der Waals surface area (Å²) >= 11 is 0. The van der Waals surface area contributed by atoms with Crippen LogP contribution >= 0.6 is 0 Å². The number of ether oxygens (including phenoxy) is 1. The highest BCUT2D eigenvalue weighted by atomic mass is 19.2. The normalized spacial score (nSPS) is 13.8. The van der Waals surface area contributed by atoms with Gasteiger partial charge in [-0.15, -0.1) is 0 Å². The van der Waals surface area contributed by atoms with E-state index in [-0.39, 0.29) is 5.56 Å². The van der Waals surface area contributed by atoms with Crippen molar-refractivity contribution in [3.05, 3.63) is 64.5 Å². The molecule has 1 N–H and O–H groups in total. The first kappa shape index (κ1) is 16.2. The third-order valence-electron chi connectivity index (χ3n) is 3.35. The van der Waals surface area contributed by atoms with Crippen LogP contribution in [-0.2, 0) is 5.60 Å². The number of rotatable bonds is 3. The lowest BCUT2D eigenvalue weighted by Crippen LogP contribution is -2.28. The van der Waals surface area contributed by atoms with Gasteiger partial charge < -0.3 is 9.84 Å². The monoisotopic (exact) mass is 318 g/mol. The summed E-state index contributed by atoms with van der Waals surface area (Å²) in [6, 6.07) is 5.29. The van der Waals surface area contributed by atoms with Gasteiger partial charge in [-0.1, -0.05) is 12.1 Å². The van der Waals surface area contributed by atoms with Gasteiger partial charge in [-0.3, -0.25) is 0 Å². The van der Waals surface area contributed by atoms with E-state index in [1.54, 1.807) is 0 Å². The van der Waals surface area contributed by atoms with Crippen LogP contribution in [0.2, 0.25) is 0 Å². The van der Waals surface area contributed by atoms with Crippen molar-refractivity contribution in [2.75, 3.05) is 7.11 Å². The summed E-state index contributed by atoms with van der Waals surface area (Å²) in [6.45, 7) is 0.938. The first-order chi connectivity index (χ1) is 10.2. The second-order valence-electron chi connectivity index (χ2n) is 4.75. The summed E-state index contributed by atoms with van der Waals surface area (Å²) < 4.78 is 72.1. The minimum Gasteiger partial charge on any atom is -0.497 e. The molecule has 7 heteroatoms. The predicted molar refractivity (Wildman–Crippen MR) is 67.9 cm³/mol. The van der Waals surface area contributed by atoms with Crippen molar-refractivity contribution in [2.24, 2.45) is 0 Å². The summed E-state index contributed by atoms with van der Waals surface area (Å²) in [5.74, 6) is -10.2. The molecule has 0 spiro atoms. The van der Waals surface area contributed by atoms with Crippen LogP contribution < -0.4 is 4.74 Å². The van der Waals surface area contributed by atoms with E-state index < -0.39 is 40.3 Å².